The first kappa shape index (κ1) is 23.2. The number of nitrogens with one attached hydrogen (secondary N) is 3. The minimum absolute atomic E-state index is 0.0550. The van der Waals surface area contributed by atoms with E-state index in [1.807, 2.05) is 0 Å². The van der Waals surface area contributed by atoms with Crippen molar-refractivity contribution in [1.29, 1.82) is 0 Å². The van der Waals surface area contributed by atoms with Crippen LogP contribution in [0.1, 0.15) is 31.3 Å². The Bertz CT molecular complexity index is 1440. The first-order valence-corrected chi connectivity index (χ1v) is 9.90. The fraction of sp³-hybridized carbons (Fsp3) is 0. The standard InChI is InChI=1S/C23H15F3N6O3/c24-12-2-4-13(5-3-12)30-23(35)20-17(10-29-32-20)31-22(34)18-15(25)7-6-14(19(18)26)11-1-8-16(21(27)33)28-9-11/h1-10H,(H2,27,33)(H,29,32)(H,30,35)(H,31,34). The molecule has 0 aliphatic rings. The summed E-state index contributed by atoms with van der Waals surface area (Å²) in [6.45, 7) is 0. The summed E-state index contributed by atoms with van der Waals surface area (Å²) >= 11 is 0. The first-order chi connectivity index (χ1) is 16.7. The van der Waals surface area contributed by atoms with Crippen molar-refractivity contribution < 1.29 is 27.6 Å². The zero-order valence-electron chi connectivity index (χ0n) is 17.6. The zero-order chi connectivity index (χ0) is 25.1. The highest BCUT2D eigenvalue weighted by Crippen LogP contribution is 2.27. The molecule has 9 nitrogen and oxygen atoms in total. The Balaban J connectivity index is 1.59. The monoisotopic (exact) mass is 480 g/mol. The lowest BCUT2D eigenvalue weighted by Gasteiger charge is -2.11. The van der Waals surface area contributed by atoms with Crippen LogP contribution in [0.25, 0.3) is 11.1 Å². The summed E-state index contributed by atoms with van der Waals surface area (Å²) in [5, 5.41) is 10.8. The van der Waals surface area contributed by atoms with Crippen molar-refractivity contribution in [2.45, 2.75) is 0 Å². The largest absolute Gasteiger partial charge is 0.364 e. The molecule has 0 saturated carbocycles. The lowest BCUT2D eigenvalue weighted by molar-refractivity contribution is 0.0990. The van der Waals surface area contributed by atoms with Crippen LogP contribution in [0.2, 0.25) is 0 Å². The number of nitrogens with zero attached hydrogens (tertiary/aromatic N) is 2. The summed E-state index contributed by atoms with van der Waals surface area (Å²) in [4.78, 5) is 40.3. The van der Waals surface area contributed by atoms with Gasteiger partial charge in [0.25, 0.3) is 17.7 Å². The molecule has 12 heteroatoms. The zero-order valence-corrected chi connectivity index (χ0v) is 17.6. The van der Waals surface area contributed by atoms with Gasteiger partial charge < -0.3 is 16.4 Å². The van der Waals surface area contributed by atoms with Crippen molar-refractivity contribution in [3.05, 3.63) is 95.3 Å². The maximum absolute atomic E-state index is 15.2. The van der Waals surface area contributed by atoms with E-state index >= 15 is 4.39 Å². The number of halogens is 3. The molecule has 4 rings (SSSR count). The van der Waals surface area contributed by atoms with Crippen LogP contribution in [0.15, 0.2) is 60.9 Å². The number of amides is 3. The maximum Gasteiger partial charge on any atom is 0.275 e. The van der Waals surface area contributed by atoms with Crippen molar-refractivity contribution in [3.8, 4) is 11.1 Å². The Labute approximate surface area is 195 Å². The molecule has 0 fully saturated rings. The van der Waals surface area contributed by atoms with Gasteiger partial charge in [-0.15, -0.1) is 0 Å². The van der Waals surface area contributed by atoms with Gasteiger partial charge in [-0.05, 0) is 42.5 Å². The van der Waals surface area contributed by atoms with E-state index in [-0.39, 0.29) is 33.9 Å². The van der Waals surface area contributed by atoms with E-state index in [0.29, 0.717) is 0 Å². The Hall–Kier alpha value is -5.00. The van der Waals surface area contributed by atoms with Gasteiger partial charge in [-0.1, -0.05) is 6.07 Å². The normalized spacial score (nSPS) is 10.6. The van der Waals surface area contributed by atoms with Crippen LogP contribution in [0.3, 0.4) is 0 Å². The summed E-state index contributed by atoms with van der Waals surface area (Å²) in [6.07, 6.45) is 2.25. The van der Waals surface area contributed by atoms with E-state index < -0.39 is 40.7 Å². The van der Waals surface area contributed by atoms with E-state index in [1.54, 1.807) is 0 Å². The Morgan fingerprint density at radius 1 is 0.857 bits per heavy atom. The second-order valence-electron chi connectivity index (χ2n) is 7.15. The lowest BCUT2D eigenvalue weighted by atomic mass is 10.0. The molecular formula is C23H15F3N6O3. The molecule has 0 aliphatic heterocycles. The van der Waals surface area contributed by atoms with Crippen molar-refractivity contribution in [2.75, 3.05) is 10.6 Å². The quantitative estimate of drug-likeness (QED) is 0.334. The van der Waals surface area contributed by atoms with Crippen molar-refractivity contribution in [3.63, 3.8) is 0 Å². The minimum Gasteiger partial charge on any atom is -0.364 e. The second kappa shape index (κ2) is 9.47. The molecule has 35 heavy (non-hydrogen) atoms. The Kier molecular flexibility index (Phi) is 6.27. The Morgan fingerprint density at radius 2 is 1.60 bits per heavy atom. The van der Waals surface area contributed by atoms with Crippen molar-refractivity contribution in [2.24, 2.45) is 5.73 Å². The average Bonchev–Trinajstić information content (AvgIpc) is 3.29. The number of primary amides is 1. The first-order valence-electron chi connectivity index (χ1n) is 9.90. The predicted molar refractivity (Wildman–Crippen MR) is 119 cm³/mol. The molecule has 3 amide bonds. The number of hydrogen-bond donors (Lipinski definition) is 4. The number of aromatic amines is 1. The number of nitrogens with two attached hydrogens (primary N) is 1. The van der Waals surface area contributed by atoms with Crippen molar-refractivity contribution in [1.82, 2.24) is 15.2 Å². The fourth-order valence-corrected chi connectivity index (χ4v) is 3.15. The smallest absolute Gasteiger partial charge is 0.275 e. The number of carbonyl (C=O) groups is 3. The third-order valence-electron chi connectivity index (χ3n) is 4.86. The fourth-order valence-electron chi connectivity index (χ4n) is 3.15. The summed E-state index contributed by atoms with van der Waals surface area (Å²) in [6, 6.07) is 9.54. The van der Waals surface area contributed by atoms with Crippen LogP contribution in [0.5, 0.6) is 0 Å². The van der Waals surface area contributed by atoms with Crippen LogP contribution in [0, 0.1) is 17.5 Å². The molecule has 0 unspecified atom stereocenters. The number of benzene rings is 2. The molecule has 0 bridgehead atoms. The lowest BCUT2D eigenvalue weighted by Crippen LogP contribution is -2.20. The molecule has 2 aromatic heterocycles. The number of rotatable bonds is 6. The van der Waals surface area contributed by atoms with Crippen molar-refractivity contribution >= 4 is 29.1 Å². The minimum atomic E-state index is -1.18. The van der Waals surface area contributed by atoms with Crippen LogP contribution in [-0.2, 0) is 0 Å². The van der Waals surface area contributed by atoms with Crippen LogP contribution >= 0.6 is 0 Å². The molecule has 0 atom stereocenters. The maximum atomic E-state index is 15.2. The van der Waals surface area contributed by atoms with Gasteiger partial charge in [0.1, 0.15) is 34.4 Å². The van der Waals surface area contributed by atoms with Gasteiger partial charge in [-0.2, -0.15) is 5.10 Å². The molecule has 2 heterocycles. The molecule has 0 aliphatic carbocycles. The molecule has 5 N–H and O–H groups in total. The number of aromatic nitrogens is 3. The van der Waals surface area contributed by atoms with Crippen LogP contribution in [-0.4, -0.2) is 32.9 Å². The number of hydrogen-bond acceptors (Lipinski definition) is 5. The van der Waals surface area contributed by atoms with E-state index in [0.717, 1.165) is 36.7 Å². The number of anilines is 2. The summed E-state index contributed by atoms with van der Waals surface area (Å²) < 4.78 is 42.7. The molecule has 0 saturated heterocycles. The predicted octanol–water partition coefficient (Wildman–Crippen LogP) is 3.49. The molecular weight excluding hydrogens is 465 g/mol. The molecule has 0 radical (unpaired) electrons. The summed E-state index contributed by atoms with van der Waals surface area (Å²) in [5.41, 5.74) is 4.11. The Morgan fingerprint density at radius 3 is 2.26 bits per heavy atom. The summed E-state index contributed by atoms with van der Waals surface area (Å²) in [5.74, 6) is -5.53. The molecule has 2 aromatic carbocycles. The molecule has 0 spiro atoms. The van der Waals surface area contributed by atoms with E-state index in [1.165, 1.54) is 24.3 Å². The van der Waals surface area contributed by atoms with Gasteiger partial charge in [-0.3, -0.25) is 24.5 Å². The molecule has 4 aromatic rings. The highest BCUT2D eigenvalue weighted by Gasteiger charge is 2.24. The highest BCUT2D eigenvalue weighted by molar-refractivity contribution is 6.11. The van der Waals surface area contributed by atoms with Gasteiger partial charge in [-0.25, -0.2) is 13.2 Å². The van der Waals surface area contributed by atoms with Gasteiger partial charge in [0.15, 0.2) is 0 Å². The van der Waals surface area contributed by atoms with Gasteiger partial charge >= 0.3 is 0 Å². The van der Waals surface area contributed by atoms with Crippen LogP contribution in [0.4, 0.5) is 24.5 Å². The number of pyridine rings is 1. The average molecular weight is 480 g/mol. The SMILES string of the molecule is NC(=O)c1ccc(-c2ccc(F)c(C(=O)Nc3cn[nH]c3C(=O)Nc3ccc(F)cc3)c2F)cn1. The van der Waals surface area contributed by atoms with E-state index in [9.17, 15) is 23.2 Å². The van der Waals surface area contributed by atoms with E-state index in [2.05, 4.69) is 25.8 Å². The highest BCUT2D eigenvalue weighted by atomic mass is 19.1. The third kappa shape index (κ3) is 4.85. The number of H-pyrrole nitrogens is 1. The van der Waals surface area contributed by atoms with Gasteiger partial charge in [0, 0.05) is 23.0 Å². The second-order valence-corrected chi connectivity index (χ2v) is 7.15. The topological polar surface area (TPSA) is 143 Å². The third-order valence-corrected chi connectivity index (χ3v) is 4.86. The van der Waals surface area contributed by atoms with Gasteiger partial charge in [0.2, 0.25) is 0 Å². The van der Waals surface area contributed by atoms with Crippen LogP contribution < -0.4 is 16.4 Å². The van der Waals surface area contributed by atoms with Gasteiger partial charge in [0.05, 0.1) is 11.9 Å². The molecule has 176 valence electrons. The number of carbonyl (C=O) groups excluding carboxylic acids is 3. The summed E-state index contributed by atoms with van der Waals surface area (Å²) in [7, 11) is 0. The van der Waals surface area contributed by atoms with E-state index in [4.69, 9.17) is 5.73 Å².